The second-order valence-corrected chi connectivity index (χ2v) is 6.98. The van der Waals surface area contributed by atoms with E-state index in [0.717, 1.165) is 37.2 Å². The third-order valence-corrected chi connectivity index (χ3v) is 4.18. The van der Waals surface area contributed by atoms with Gasteiger partial charge in [0, 0.05) is 19.1 Å². The first kappa shape index (κ1) is 19.8. The smallest absolute Gasteiger partial charge is 0.260 e. The van der Waals surface area contributed by atoms with Crippen molar-refractivity contribution in [2.24, 2.45) is 0 Å². The van der Waals surface area contributed by atoms with Crippen LogP contribution in [0.15, 0.2) is 24.3 Å². The highest BCUT2D eigenvalue weighted by Gasteiger charge is 2.28. The van der Waals surface area contributed by atoms with E-state index in [-0.39, 0.29) is 30.3 Å². The van der Waals surface area contributed by atoms with Crippen LogP contribution in [0.4, 0.5) is 0 Å². The number of ether oxygens (including phenoxy) is 1. The lowest BCUT2D eigenvalue weighted by Crippen LogP contribution is -2.43. The fraction of sp³-hybridized carbons (Fsp3) is 0.611. The zero-order chi connectivity index (χ0) is 16.2. The minimum absolute atomic E-state index is 0. The van der Waals surface area contributed by atoms with Crippen molar-refractivity contribution in [1.29, 1.82) is 0 Å². The molecule has 23 heavy (non-hydrogen) atoms. The minimum Gasteiger partial charge on any atom is -0.483 e. The van der Waals surface area contributed by atoms with Crippen molar-refractivity contribution in [1.82, 2.24) is 10.2 Å². The second-order valence-electron chi connectivity index (χ2n) is 6.98. The van der Waals surface area contributed by atoms with Crippen molar-refractivity contribution >= 4 is 18.3 Å². The molecule has 1 aromatic rings. The van der Waals surface area contributed by atoms with Gasteiger partial charge in [-0.15, -0.1) is 12.4 Å². The number of halogens is 1. The summed E-state index contributed by atoms with van der Waals surface area (Å²) in [6.07, 6.45) is 2.15. The summed E-state index contributed by atoms with van der Waals surface area (Å²) in [4.78, 5) is 14.4. The number of hydrogen-bond acceptors (Lipinski definition) is 3. The van der Waals surface area contributed by atoms with Crippen LogP contribution < -0.4 is 10.1 Å². The summed E-state index contributed by atoms with van der Waals surface area (Å²) < 4.78 is 5.85. The fourth-order valence-electron chi connectivity index (χ4n) is 3.05. The normalized spacial score (nSPS) is 17.7. The third kappa shape index (κ3) is 5.11. The molecule has 1 amide bonds. The van der Waals surface area contributed by atoms with E-state index < -0.39 is 0 Å². The topological polar surface area (TPSA) is 41.6 Å². The van der Waals surface area contributed by atoms with E-state index in [1.165, 1.54) is 0 Å². The number of amides is 1. The zero-order valence-electron chi connectivity index (χ0n) is 14.6. The number of likely N-dealkylation sites (tertiary alicyclic amines) is 1. The molecule has 1 heterocycles. The number of carbonyl (C=O) groups excluding carboxylic acids is 1. The second kappa shape index (κ2) is 8.55. The molecule has 0 bridgehead atoms. The summed E-state index contributed by atoms with van der Waals surface area (Å²) in [5.74, 6) is 0.897. The van der Waals surface area contributed by atoms with Crippen molar-refractivity contribution in [3.63, 3.8) is 0 Å². The zero-order valence-corrected chi connectivity index (χ0v) is 15.4. The lowest BCUT2D eigenvalue weighted by molar-refractivity contribution is -0.134. The van der Waals surface area contributed by atoms with E-state index in [1.54, 1.807) is 0 Å². The first-order chi connectivity index (χ1) is 10.4. The van der Waals surface area contributed by atoms with E-state index in [4.69, 9.17) is 4.74 Å². The number of likely N-dealkylation sites (N-methyl/N-ethyl adjacent to an activating group) is 1. The summed E-state index contributed by atoms with van der Waals surface area (Å²) in [6.45, 7) is 8.27. The van der Waals surface area contributed by atoms with Gasteiger partial charge in [0.15, 0.2) is 6.61 Å². The number of benzene rings is 1. The monoisotopic (exact) mass is 340 g/mol. The number of carbonyl (C=O) groups is 1. The number of nitrogens with zero attached hydrogens (tertiary/aromatic N) is 1. The lowest BCUT2D eigenvalue weighted by atomic mass is 9.86. The van der Waals surface area contributed by atoms with Gasteiger partial charge in [0.25, 0.3) is 5.91 Å². The maximum atomic E-state index is 12.4. The molecular formula is C18H29ClN2O2. The van der Waals surface area contributed by atoms with E-state index >= 15 is 0 Å². The SMILES string of the molecule is CNCC1CCCN1C(=O)COc1ccccc1C(C)(C)C.Cl. The predicted molar refractivity (Wildman–Crippen MR) is 96.5 cm³/mol. The molecule has 1 saturated heterocycles. The maximum absolute atomic E-state index is 12.4. The molecule has 1 aliphatic rings. The third-order valence-electron chi connectivity index (χ3n) is 4.18. The quantitative estimate of drug-likeness (QED) is 0.896. The number of para-hydroxylation sites is 1. The van der Waals surface area contributed by atoms with Crippen molar-refractivity contribution < 1.29 is 9.53 Å². The lowest BCUT2D eigenvalue weighted by Gasteiger charge is -2.26. The van der Waals surface area contributed by atoms with Crippen LogP contribution in [0.1, 0.15) is 39.2 Å². The Balaban J connectivity index is 0.00000264. The van der Waals surface area contributed by atoms with Gasteiger partial charge in [-0.25, -0.2) is 0 Å². The first-order valence-electron chi connectivity index (χ1n) is 8.10. The van der Waals surface area contributed by atoms with Gasteiger partial charge in [0.2, 0.25) is 0 Å². The molecule has 0 radical (unpaired) electrons. The first-order valence-corrected chi connectivity index (χ1v) is 8.10. The van der Waals surface area contributed by atoms with Gasteiger partial charge in [-0.1, -0.05) is 39.0 Å². The molecule has 0 saturated carbocycles. The van der Waals surface area contributed by atoms with E-state index in [9.17, 15) is 4.79 Å². The molecule has 4 nitrogen and oxygen atoms in total. The molecule has 0 aliphatic carbocycles. The molecule has 1 fully saturated rings. The van der Waals surface area contributed by atoms with Gasteiger partial charge in [-0.05, 0) is 36.9 Å². The Bertz CT molecular complexity index is 514. The van der Waals surface area contributed by atoms with Crippen LogP contribution >= 0.6 is 12.4 Å². The van der Waals surface area contributed by atoms with E-state index in [1.807, 2.05) is 30.1 Å². The molecule has 1 unspecified atom stereocenters. The molecule has 0 aromatic heterocycles. The van der Waals surface area contributed by atoms with Crippen molar-refractivity contribution in [3.8, 4) is 5.75 Å². The van der Waals surface area contributed by atoms with Gasteiger partial charge in [-0.3, -0.25) is 4.79 Å². The molecule has 1 N–H and O–H groups in total. The Hall–Kier alpha value is -1.26. The summed E-state index contributed by atoms with van der Waals surface area (Å²) >= 11 is 0. The number of nitrogens with one attached hydrogen (secondary N) is 1. The molecule has 130 valence electrons. The van der Waals surface area contributed by atoms with Gasteiger partial charge in [0.1, 0.15) is 5.75 Å². The van der Waals surface area contributed by atoms with Crippen LogP contribution in [0.5, 0.6) is 5.75 Å². The van der Waals surface area contributed by atoms with Crippen LogP contribution in [0, 0.1) is 0 Å². The average molecular weight is 341 g/mol. The fourth-order valence-corrected chi connectivity index (χ4v) is 3.05. The Morgan fingerprint density at radius 3 is 2.70 bits per heavy atom. The molecule has 5 heteroatoms. The van der Waals surface area contributed by atoms with Crippen molar-refractivity contribution in [3.05, 3.63) is 29.8 Å². The predicted octanol–water partition coefficient (Wildman–Crippen LogP) is 3.00. The highest BCUT2D eigenvalue weighted by Crippen LogP contribution is 2.31. The number of hydrogen-bond donors (Lipinski definition) is 1. The van der Waals surface area contributed by atoms with Crippen LogP contribution in [0.2, 0.25) is 0 Å². The Morgan fingerprint density at radius 2 is 2.04 bits per heavy atom. The van der Waals surface area contributed by atoms with Crippen molar-refractivity contribution in [2.75, 3.05) is 26.7 Å². The summed E-state index contributed by atoms with van der Waals surface area (Å²) in [7, 11) is 1.93. The summed E-state index contributed by atoms with van der Waals surface area (Å²) in [5, 5.41) is 3.16. The van der Waals surface area contributed by atoms with Gasteiger partial charge in [-0.2, -0.15) is 0 Å². The van der Waals surface area contributed by atoms with E-state index in [2.05, 4.69) is 32.2 Å². The summed E-state index contributed by atoms with van der Waals surface area (Å²) in [6, 6.07) is 8.29. The van der Waals surface area contributed by atoms with Crippen LogP contribution in [-0.4, -0.2) is 43.6 Å². The molecule has 0 spiro atoms. The van der Waals surface area contributed by atoms with Gasteiger partial charge >= 0.3 is 0 Å². The highest BCUT2D eigenvalue weighted by atomic mass is 35.5. The van der Waals surface area contributed by atoms with Crippen LogP contribution in [0.3, 0.4) is 0 Å². The highest BCUT2D eigenvalue weighted by molar-refractivity contribution is 5.85. The van der Waals surface area contributed by atoms with E-state index in [0.29, 0.717) is 6.04 Å². The number of rotatable bonds is 5. The largest absolute Gasteiger partial charge is 0.483 e. The molecular weight excluding hydrogens is 312 g/mol. The Labute approximate surface area is 146 Å². The van der Waals surface area contributed by atoms with Gasteiger partial charge < -0.3 is 15.0 Å². The minimum atomic E-state index is 0. The molecule has 1 atom stereocenters. The standard InChI is InChI=1S/C18H28N2O2.ClH/c1-18(2,3)15-9-5-6-10-16(15)22-13-17(21)20-11-7-8-14(20)12-19-4;/h5-6,9-10,14,19H,7-8,11-13H2,1-4H3;1H. The average Bonchev–Trinajstić information content (AvgIpc) is 2.93. The van der Waals surface area contributed by atoms with Crippen molar-refractivity contribution in [2.45, 2.75) is 45.1 Å². The van der Waals surface area contributed by atoms with Crippen LogP contribution in [-0.2, 0) is 10.2 Å². The Morgan fingerprint density at radius 1 is 1.35 bits per heavy atom. The summed E-state index contributed by atoms with van der Waals surface area (Å²) in [5.41, 5.74) is 1.14. The maximum Gasteiger partial charge on any atom is 0.260 e. The molecule has 2 rings (SSSR count). The molecule has 1 aromatic carbocycles. The molecule has 1 aliphatic heterocycles. The van der Waals surface area contributed by atoms with Crippen LogP contribution in [0.25, 0.3) is 0 Å². The van der Waals surface area contributed by atoms with Gasteiger partial charge in [0.05, 0.1) is 0 Å². The Kier molecular flexibility index (Phi) is 7.36.